The number of hydrogen-bond acceptors (Lipinski definition) is 4. The average Bonchev–Trinajstić information content (AvgIpc) is 2.28. The maximum atomic E-state index is 11.2. The van der Waals surface area contributed by atoms with Gasteiger partial charge in [-0.3, -0.25) is 4.72 Å². The van der Waals surface area contributed by atoms with E-state index < -0.39 is 10.0 Å². The fourth-order valence-electron chi connectivity index (χ4n) is 2.09. The lowest BCUT2D eigenvalue weighted by Gasteiger charge is -2.24. The van der Waals surface area contributed by atoms with E-state index in [0.29, 0.717) is 11.7 Å². The summed E-state index contributed by atoms with van der Waals surface area (Å²) < 4.78 is 24.8. The van der Waals surface area contributed by atoms with E-state index in [-0.39, 0.29) is 0 Å². The summed E-state index contributed by atoms with van der Waals surface area (Å²) in [4.78, 5) is 0. The van der Waals surface area contributed by atoms with Gasteiger partial charge in [-0.2, -0.15) is 0 Å². The molecule has 0 amide bonds. The van der Waals surface area contributed by atoms with Gasteiger partial charge < -0.3 is 10.6 Å². The van der Waals surface area contributed by atoms with Crippen LogP contribution in [0.15, 0.2) is 24.3 Å². The van der Waals surface area contributed by atoms with Gasteiger partial charge in [0.15, 0.2) is 0 Å². The molecule has 0 atom stereocenters. The number of piperidine rings is 1. The zero-order valence-corrected chi connectivity index (χ0v) is 11.3. The minimum atomic E-state index is -3.21. The van der Waals surface area contributed by atoms with E-state index in [0.717, 1.165) is 37.9 Å². The molecular weight excluding hydrogens is 250 g/mol. The summed E-state index contributed by atoms with van der Waals surface area (Å²) in [5, 5.41) is 6.74. The van der Waals surface area contributed by atoms with Crippen LogP contribution in [0.25, 0.3) is 0 Å². The third kappa shape index (κ3) is 4.19. The van der Waals surface area contributed by atoms with Gasteiger partial charge >= 0.3 is 0 Å². The summed E-state index contributed by atoms with van der Waals surface area (Å²) in [6.45, 7) is 2.05. The Kier molecular flexibility index (Phi) is 4.08. The summed E-state index contributed by atoms with van der Waals surface area (Å²) in [6.07, 6.45) is 3.33. The van der Waals surface area contributed by atoms with Crippen LogP contribution in [0.2, 0.25) is 0 Å². The standard InChI is InChI=1S/C12H19N3O2S/c1-18(16,17)15-12-4-2-3-11(9-12)14-10-5-7-13-8-6-10/h2-4,9-10,13-15H,5-8H2,1H3. The van der Waals surface area contributed by atoms with Crippen molar-refractivity contribution in [3.05, 3.63) is 24.3 Å². The maximum Gasteiger partial charge on any atom is 0.229 e. The van der Waals surface area contributed by atoms with Crippen molar-refractivity contribution in [2.45, 2.75) is 18.9 Å². The molecule has 0 aliphatic carbocycles. The van der Waals surface area contributed by atoms with Crippen LogP contribution in [0.3, 0.4) is 0 Å². The number of rotatable bonds is 4. The molecule has 3 N–H and O–H groups in total. The summed E-state index contributed by atoms with van der Waals surface area (Å²) in [5.41, 5.74) is 1.55. The van der Waals surface area contributed by atoms with Gasteiger partial charge in [0.2, 0.25) is 10.0 Å². The molecule has 0 aromatic heterocycles. The molecule has 1 aromatic rings. The predicted molar refractivity (Wildman–Crippen MR) is 74.4 cm³/mol. The monoisotopic (exact) mass is 269 g/mol. The van der Waals surface area contributed by atoms with Crippen molar-refractivity contribution in [1.82, 2.24) is 5.32 Å². The highest BCUT2D eigenvalue weighted by Crippen LogP contribution is 2.18. The summed E-state index contributed by atoms with van der Waals surface area (Å²) in [7, 11) is -3.21. The highest BCUT2D eigenvalue weighted by atomic mass is 32.2. The van der Waals surface area contributed by atoms with Crippen LogP contribution in [0.4, 0.5) is 11.4 Å². The molecular formula is C12H19N3O2S. The lowest BCUT2D eigenvalue weighted by atomic mass is 10.1. The van der Waals surface area contributed by atoms with E-state index in [1.807, 2.05) is 18.2 Å². The van der Waals surface area contributed by atoms with E-state index >= 15 is 0 Å². The molecule has 0 saturated carbocycles. The Morgan fingerprint density at radius 2 is 1.89 bits per heavy atom. The number of benzene rings is 1. The van der Waals surface area contributed by atoms with Crippen LogP contribution in [0.1, 0.15) is 12.8 Å². The minimum Gasteiger partial charge on any atom is -0.382 e. The van der Waals surface area contributed by atoms with Crippen molar-refractivity contribution < 1.29 is 8.42 Å². The van der Waals surface area contributed by atoms with Gasteiger partial charge in [0.25, 0.3) is 0 Å². The van der Waals surface area contributed by atoms with Gasteiger partial charge in [0, 0.05) is 11.7 Å². The van der Waals surface area contributed by atoms with Crippen LogP contribution in [0.5, 0.6) is 0 Å². The molecule has 5 nitrogen and oxygen atoms in total. The van der Waals surface area contributed by atoms with Crippen molar-refractivity contribution in [3.8, 4) is 0 Å². The molecule has 1 aromatic carbocycles. The third-order valence-electron chi connectivity index (χ3n) is 2.88. The number of sulfonamides is 1. The van der Waals surface area contributed by atoms with E-state index in [4.69, 9.17) is 0 Å². The van der Waals surface area contributed by atoms with E-state index in [1.165, 1.54) is 0 Å². The molecule has 1 fully saturated rings. The molecule has 0 radical (unpaired) electrons. The third-order valence-corrected chi connectivity index (χ3v) is 3.48. The second-order valence-corrected chi connectivity index (χ2v) is 6.37. The molecule has 1 aliphatic heterocycles. The topological polar surface area (TPSA) is 70.2 Å². The van der Waals surface area contributed by atoms with Crippen LogP contribution >= 0.6 is 0 Å². The molecule has 1 aliphatic rings. The molecule has 100 valence electrons. The maximum absolute atomic E-state index is 11.2. The first-order valence-electron chi connectivity index (χ1n) is 6.08. The Labute approximate surface area is 108 Å². The molecule has 1 heterocycles. The van der Waals surface area contributed by atoms with Gasteiger partial charge in [0.1, 0.15) is 0 Å². The summed E-state index contributed by atoms with van der Waals surface area (Å²) in [6, 6.07) is 7.82. The normalized spacial score (nSPS) is 17.4. The summed E-state index contributed by atoms with van der Waals surface area (Å²) >= 11 is 0. The Bertz CT molecular complexity index is 496. The Morgan fingerprint density at radius 3 is 2.56 bits per heavy atom. The lowest BCUT2D eigenvalue weighted by Crippen LogP contribution is -2.35. The Balaban J connectivity index is 2.02. The zero-order valence-electron chi connectivity index (χ0n) is 10.4. The molecule has 0 unspecified atom stereocenters. The molecule has 6 heteroatoms. The van der Waals surface area contributed by atoms with Gasteiger partial charge in [-0.1, -0.05) is 6.07 Å². The number of nitrogens with one attached hydrogen (secondary N) is 3. The first-order valence-corrected chi connectivity index (χ1v) is 7.97. The number of anilines is 2. The lowest BCUT2D eigenvalue weighted by molar-refractivity contribution is 0.479. The fourth-order valence-corrected chi connectivity index (χ4v) is 2.64. The first-order chi connectivity index (χ1) is 8.53. The largest absolute Gasteiger partial charge is 0.382 e. The van der Waals surface area contributed by atoms with Gasteiger partial charge in [-0.05, 0) is 44.1 Å². The van der Waals surface area contributed by atoms with Crippen LogP contribution in [0, 0.1) is 0 Å². The average molecular weight is 269 g/mol. The second-order valence-electron chi connectivity index (χ2n) is 4.62. The predicted octanol–water partition coefficient (Wildman–Crippen LogP) is 1.22. The van der Waals surface area contributed by atoms with Crippen LogP contribution in [-0.2, 0) is 10.0 Å². The molecule has 1 saturated heterocycles. The van der Waals surface area contributed by atoms with Crippen molar-refractivity contribution in [2.24, 2.45) is 0 Å². The van der Waals surface area contributed by atoms with Gasteiger partial charge in [-0.15, -0.1) is 0 Å². The second kappa shape index (κ2) is 5.58. The van der Waals surface area contributed by atoms with E-state index in [2.05, 4.69) is 15.4 Å². The smallest absolute Gasteiger partial charge is 0.229 e. The van der Waals surface area contributed by atoms with E-state index in [1.54, 1.807) is 6.07 Å². The molecule has 0 spiro atoms. The fraction of sp³-hybridized carbons (Fsp3) is 0.500. The van der Waals surface area contributed by atoms with Crippen molar-refractivity contribution >= 4 is 21.4 Å². The summed E-state index contributed by atoms with van der Waals surface area (Å²) in [5.74, 6) is 0. The SMILES string of the molecule is CS(=O)(=O)Nc1cccc(NC2CCNCC2)c1. The van der Waals surface area contributed by atoms with Crippen molar-refractivity contribution in [1.29, 1.82) is 0 Å². The molecule has 0 bridgehead atoms. The highest BCUT2D eigenvalue weighted by Gasteiger charge is 2.12. The Morgan fingerprint density at radius 1 is 1.22 bits per heavy atom. The van der Waals surface area contributed by atoms with Crippen molar-refractivity contribution in [2.75, 3.05) is 29.4 Å². The first kappa shape index (κ1) is 13.2. The quantitative estimate of drug-likeness (QED) is 0.768. The molecule has 18 heavy (non-hydrogen) atoms. The van der Waals surface area contributed by atoms with Gasteiger partial charge in [-0.25, -0.2) is 8.42 Å². The van der Waals surface area contributed by atoms with Crippen LogP contribution < -0.4 is 15.4 Å². The van der Waals surface area contributed by atoms with Gasteiger partial charge in [0.05, 0.1) is 11.9 Å². The minimum absolute atomic E-state index is 0.458. The number of hydrogen-bond donors (Lipinski definition) is 3. The highest BCUT2D eigenvalue weighted by molar-refractivity contribution is 7.92. The zero-order chi connectivity index (χ0) is 13.0. The molecule has 2 rings (SSSR count). The van der Waals surface area contributed by atoms with E-state index in [9.17, 15) is 8.42 Å². The Hall–Kier alpha value is -1.27. The van der Waals surface area contributed by atoms with Crippen molar-refractivity contribution in [3.63, 3.8) is 0 Å². The van der Waals surface area contributed by atoms with Crippen LogP contribution in [-0.4, -0.2) is 33.8 Å².